The summed E-state index contributed by atoms with van der Waals surface area (Å²) in [6, 6.07) is 0. The lowest BCUT2D eigenvalue weighted by atomic mass is 10.2. The SMILES string of the molecule is CC(C)(C)SC(C)(C)CN. The highest BCUT2D eigenvalue weighted by Crippen LogP contribution is 2.34. The zero-order valence-corrected chi connectivity index (χ0v) is 8.51. The van der Waals surface area contributed by atoms with Crippen LogP contribution in [0, 0.1) is 0 Å². The van der Waals surface area contributed by atoms with Gasteiger partial charge in [-0.25, -0.2) is 0 Å². The first-order valence-electron chi connectivity index (χ1n) is 3.67. The minimum absolute atomic E-state index is 0.220. The topological polar surface area (TPSA) is 26.0 Å². The summed E-state index contributed by atoms with van der Waals surface area (Å²) in [6.07, 6.45) is 0. The Hall–Kier alpha value is 0.310. The van der Waals surface area contributed by atoms with Crippen LogP contribution in [0.4, 0.5) is 0 Å². The lowest BCUT2D eigenvalue weighted by molar-refractivity contribution is 0.693. The fourth-order valence-electron chi connectivity index (χ4n) is 0.871. The van der Waals surface area contributed by atoms with Crippen molar-refractivity contribution in [3.05, 3.63) is 0 Å². The smallest absolute Gasteiger partial charge is 0.0231 e. The summed E-state index contributed by atoms with van der Waals surface area (Å²) in [7, 11) is 0. The third kappa shape index (κ3) is 5.12. The Morgan fingerprint density at radius 2 is 1.50 bits per heavy atom. The molecule has 0 atom stereocenters. The van der Waals surface area contributed by atoms with Gasteiger partial charge in [0.1, 0.15) is 0 Å². The highest BCUT2D eigenvalue weighted by Gasteiger charge is 2.24. The fraction of sp³-hybridized carbons (Fsp3) is 1.00. The van der Waals surface area contributed by atoms with E-state index in [1.165, 1.54) is 0 Å². The van der Waals surface area contributed by atoms with Crippen LogP contribution in [0.5, 0.6) is 0 Å². The average Bonchev–Trinajstić information content (AvgIpc) is 1.60. The van der Waals surface area contributed by atoms with Gasteiger partial charge < -0.3 is 5.73 Å². The molecule has 2 N–H and O–H groups in total. The van der Waals surface area contributed by atoms with Crippen molar-refractivity contribution in [1.82, 2.24) is 0 Å². The number of nitrogens with two attached hydrogens (primary N) is 1. The molecule has 0 aliphatic rings. The molecular weight excluding hydrogens is 142 g/mol. The molecule has 1 nitrogen and oxygen atoms in total. The van der Waals surface area contributed by atoms with Gasteiger partial charge in [0.2, 0.25) is 0 Å². The number of hydrogen-bond donors (Lipinski definition) is 1. The molecule has 0 rings (SSSR count). The Morgan fingerprint density at radius 1 is 1.10 bits per heavy atom. The lowest BCUT2D eigenvalue weighted by Gasteiger charge is -2.30. The second-order valence-corrected chi connectivity index (χ2v) is 6.71. The zero-order chi connectivity index (χ0) is 8.41. The normalized spacial score (nSPS) is 13.8. The number of thioether (sulfide) groups is 1. The quantitative estimate of drug-likeness (QED) is 0.672. The van der Waals surface area contributed by atoms with E-state index in [4.69, 9.17) is 5.73 Å². The van der Waals surface area contributed by atoms with Gasteiger partial charge in [0.15, 0.2) is 0 Å². The third-order valence-electron chi connectivity index (χ3n) is 1.07. The van der Waals surface area contributed by atoms with Gasteiger partial charge >= 0.3 is 0 Å². The predicted molar refractivity (Wildman–Crippen MR) is 50.5 cm³/mol. The second-order valence-electron chi connectivity index (χ2n) is 4.18. The highest BCUT2D eigenvalue weighted by molar-refractivity contribution is 8.01. The molecule has 0 unspecified atom stereocenters. The van der Waals surface area contributed by atoms with E-state index in [1.54, 1.807) is 0 Å². The maximum absolute atomic E-state index is 5.59. The second kappa shape index (κ2) is 3.14. The summed E-state index contributed by atoms with van der Waals surface area (Å²) >= 11 is 1.93. The maximum atomic E-state index is 5.59. The first-order valence-corrected chi connectivity index (χ1v) is 4.49. The predicted octanol–water partition coefficient (Wildman–Crippen LogP) is 2.26. The Bertz CT molecular complexity index is 102. The molecule has 0 aromatic rings. The molecule has 10 heavy (non-hydrogen) atoms. The van der Waals surface area contributed by atoms with Gasteiger partial charge in [-0.2, -0.15) is 0 Å². The van der Waals surface area contributed by atoms with Crippen molar-refractivity contribution in [2.45, 2.75) is 44.1 Å². The first kappa shape index (κ1) is 10.3. The van der Waals surface area contributed by atoms with Crippen molar-refractivity contribution in [2.75, 3.05) is 6.54 Å². The average molecular weight is 161 g/mol. The molecule has 0 aromatic heterocycles. The van der Waals surface area contributed by atoms with Crippen molar-refractivity contribution in [3.8, 4) is 0 Å². The van der Waals surface area contributed by atoms with Crippen LogP contribution in [-0.4, -0.2) is 16.0 Å². The monoisotopic (exact) mass is 161 g/mol. The summed E-state index contributed by atoms with van der Waals surface area (Å²) in [5, 5.41) is 0. The van der Waals surface area contributed by atoms with E-state index in [9.17, 15) is 0 Å². The highest BCUT2D eigenvalue weighted by atomic mass is 32.2. The standard InChI is InChI=1S/C8H19NS/c1-7(2,3)10-8(4,5)6-9/h6,9H2,1-5H3. The van der Waals surface area contributed by atoms with E-state index >= 15 is 0 Å². The maximum Gasteiger partial charge on any atom is 0.0231 e. The minimum Gasteiger partial charge on any atom is -0.329 e. The van der Waals surface area contributed by atoms with Crippen LogP contribution in [0.3, 0.4) is 0 Å². The van der Waals surface area contributed by atoms with Gasteiger partial charge in [0.25, 0.3) is 0 Å². The molecule has 62 valence electrons. The van der Waals surface area contributed by atoms with E-state index in [0.717, 1.165) is 6.54 Å². The molecule has 2 heteroatoms. The van der Waals surface area contributed by atoms with Crippen molar-refractivity contribution >= 4 is 11.8 Å². The van der Waals surface area contributed by atoms with Gasteiger partial charge in [-0.1, -0.05) is 20.8 Å². The molecule has 0 saturated heterocycles. The first-order chi connectivity index (χ1) is 4.27. The number of rotatable bonds is 2. The summed E-state index contributed by atoms with van der Waals surface area (Å²) in [5.74, 6) is 0. The molecule has 0 heterocycles. The molecule has 0 amide bonds. The lowest BCUT2D eigenvalue weighted by Crippen LogP contribution is -2.31. The van der Waals surface area contributed by atoms with E-state index in [-0.39, 0.29) is 4.75 Å². The Morgan fingerprint density at radius 3 is 1.60 bits per heavy atom. The van der Waals surface area contributed by atoms with Crippen molar-refractivity contribution in [1.29, 1.82) is 0 Å². The van der Waals surface area contributed by atoms with Crippen LogP contribution in [0.15, 0.2) is 0 Å². The van der Waals surface area contributed by atoms with E-state index < -0.39 is 0 Å². The van der Waals surface area contributed by atoms with Crippen molar-refractivity contribution in [2.24, 2.45) is 5.73 Å². The van der Waals surface area contributed by atoms with E-state index in [2.05, 4.69) is 34.6 Å². The van der Waals surface area contributed by atoms with Gasteiger partial charge in [-0.3, -0.25) is 0 Å². The van der Waals surface area contributed by atoms with Crippen LogP contribution in [-0.2, 0) is 0 Å². The van der Waals surface area contributed by atoms with Gasteiger partial charge in [-0.05, 0) is 13.8 Å². The Balaban J connectivity index is 3.89. The van der Waals surface area contributed by atoms with Gasteiger partial charge in [0.05, 0.1) is 0 Å². The molecule has 0 saturated carbocycles. The fourth-order valence-corrected chi connectivity index (χ4v) is 2.61. The van der Waals surface area contributed by atoms with Crippen LogP contribution >= 0.6 is 11.8 Å². The molecular formula is C8H19NS. The van der Waals surface area contributed by atoms with Crippen molar-refractivity contribution in [3.63, 3.8) is 0 Å². The largest absolute Gasteiger partial charge is 0.329 e. The third-order valence-corrected chi connectivity index (χ3v) is 2.41. The van der Waals surface area contributed by atoms with Crippen LogP contribution in [0.2, 0.25) is 0 Å². The van der Waals surface area contributed by atoms with Gasteiger partial charge in [0, 0.05) is 16.0 Å². The van der Waals surface area contributed by atoms with Crippen LogP contribution < -0.4 is 5.73 Å². The number of hydrogen-bond acceptors (Lipinski definition) is 2. The summed E-state index contributed by atoms with van der Waals surface area (Å²) in [4.78, 5) is 0. The van der Waals surface area contributed by atoms with Gasteiger partial charge in [-0.15, -0.1) is 11.8 Å². The Labute approximate surface area is 68.8 Å². The van der Waals surface area contributed by atoms with E-state index in [1.807, 2.05) is 11.8 Å². The summed E-state index contributed by atoms with van der Waals surface area (Å²) in [6.45, 7) is 11.8. The zero-order valence-electron chi connectivity index (χ0n) is 7.69. The molecule has 0 bridgehead atoms. The molecule has 0 fully saturated rings. The molecule has 0 spiro atoms. The minimum atomic E-state index is 0.220. The van der Waals surface area contributed by atoms with Crippen molar-refractivity contribution < 1.29 is 0 Å². The molecule has 0 aliphatic carbocycles. The molecule has 0 aliphatic heterocycles. The van der Waals surface area contributed by atoms with Crippen LogP contribution in [0.25, 0.3) is 0 Å². The van der Waals surface area contributed by atoms with Crippen LogP contribution in [0.1, 0.15) is 34.6 Å². The summed E-state index contributed by atoms with van der Waals surface area (Å²) < 4.78 is 0.543. The molecule has 0 radical (unpaired) electrons. The Kier molecular flexibility index (Phi) is 3.24. The molecule has 0 aromatic carbocycles. The summed E-state index contributed by atoms with van der Waals surface area (Å²) in [5.41, 5.74) is 5.59. The van der Waals surface area contributed by atoms with E-state index in [0.29, 0.717) is 4.75 Å².